The summed E-state index contributed by atoms with van der Waals surface area (Å²) in [7, 11) is 0. The summed E-state index contributed by atoms with van der Waals surface area (Å²) >= 11 is 1.97. The Morgan fingerprint density at radius 2 is 2.38 bits per heavy atom. The highest BCUT2D eigenvalue weighted by Crippen LogP contribution is 2.35. The molecule has 0 radical (unpaired) electrons. The number of rotatable bonds is 3. The third-order valence-electron chi connectivity index (χ3n) is 2.97. The number of nitrogens with two attached hydrogens (primary N) is 2. The maximum atomic E-state index is 5.89. The lowest BCUT2D eigenvalue weighted by Gasteiger charge is -2.29. The molecule has 0 aliphatic carbocycles. The first-order valence-corrected chi connectivity index (χ1v) is 6.66. The number of hydrogen-bond donors (Lipinski definition) is 3. The zero-order valence-electron chi connectivity index (χ0n) is 9.23. The first-order valence-electron chi connectivity index (χ1n) is 5.61. The minimum absolute atomic E-state index is 0.110. The number of thioether (sulfide) groups is 1. The average Bonchev–Trinajstić information content (AvgIpc) is 2.34. The first-order chi connectivity index (χ1) is 7.83. The number of hydrogen-bond acceptors (Lipinski definition) is 5. The molecule has 1 aromatic rings. The van der Waals surface area contributed by atoms with Gasteiger partial charge in [-0.3, -0.25) is 11.3 Å². The number of nitrogens with one attached hydrogen (secondary N) is 1. The lowest BCUT2D eigenvalue weighted by molar-refractivity contribution is 0.492. The van der Waals surface area contributed by atoms with Gasteiger partial charge in [0.05, 0.1) is 6.04 Å². The molecule has 2 atom stereocenters. The Bertz CT molecular complexity index is 339. The van der Waals surface area contributed by atoms with Crippen LogP contribution in [0.15, 0.2) is 18.3 Å². The van der Waals surface area contributed by atoms with Gasteiger partial charge in [-0.15, -0.1) is 0 Å². The standard InChI is InChI=1S/C11H18N4S/c12-11-8(4-3-6-14-11)10(15-13)9-5-1-2-7-16-9/h3-4,6,9-10,15H,1-2,5,7,13H2,(H2,12,14). The van der Waals surface area contributed by atoms with Gasteiger partial charge >= 0.3 is 0 Å². The molecular formula is C11H18N4S. The van der Waals surface area contributed by atoms with Crippen LogP contribution in [0.5, 0.6) is 0 Å². The van der Waals surface area contributed by atoms with Gasteiger partial charge in [0.25, 0.3) is 0 Å². The van der Waals surface area contributed by atoms with Crippen LogP contribution in [0.3, 0.4) is 0 Å². The summed E-state index contributed by atoms with van der Waals surface area (Å²) in [5.74, 6) is 7.45. The van der Waals surface area contributed by atoms with E-state index in [2.05, 4.69) is 10.4 Å². The summed E-state index contributed by atoms with van der Waals surface area (Å²) in [6, 6.07) is 4.02. The molecule has 0 spiro atoms. The Labute approximate surface area is 100 Å². The van der Waals surface area contributed by atoms with Crippen LogP contribution in [0, 0.1) is 0 Å². The molecule has 16 heavy (non-hydrogen) atoms. The second kappa shape index (κ2) is 5.52. The summed E-state index contributed by atoms with van der Waals surface area (Å²) in [5.41, 5.74) is 9.79. The second-order valence-corrected chi connectivity index (χ2v) is 5.37. The second-order valence-electron chi connectivity index (χ2n) is 4.03. The zero-order chi connectivity index (χ0) is 11.4. The van der Waals surface area contributed by atoms with E-state index in [0.717, 1.165) is 5.56 Å². The third kappa shape index (κ3) is 2.48. The molecule has 2 unspecified atom stereocenters. The summed E-state index contributed by atoms with van der Waals surface area (Å²) < 4.78 is 0. The van der Waals surface area contributed by atoms with Crippen molar-refractivity contribution in [3.8, 4) is 0 Å². The van der Waals surface area contributed by atoms with Crippen molar-refractivity contribution in [2.24, 2.45) is 5.84 Å². The van der Waals surface area contributed by atoms with E-state index < -0.39 is 0 Å². The Kier molecular flexibility index (Phi) is 4.04. The van der Waals surface area contributed by atoms with Gasteiger partial charge in [0.1, 0.15) is 5.82 Å². The molecule has 88 valence electrons. The number of aromatic nitrogens is 1. The van der Waals surface area contributed by atoms with Gasteiger partial charge in [-0.05, 0) is 24.7 Å². The van der Waals surface area contributed by atoms with Crippen molar-refractivity contribution in [1.82, 2.24) is 10.4 Å². The minimum Gasteiger partial charge on any atom is -0.383 e. The van der Waals surface area contributed by atoms with E-state index in [1.807, 2.05) is 23.9 Å². The Balaban J connectivity index is 2.18. The van der Waals surface area contributed by atoms with Crippen molar-refractivity contribution in [2.75, 3.05) is 11.5 Å². The maximum absolute atomic E-state index is 5.89. The molecule has 0 amide bonds. The van der Waals surface area contributed by atoms with Crippen LogP contribution >= 0.6 is 11.8 Å². The van der Waals surface area contributed by atoms with Gasteiger partial charge < -0.3 is 5.73 Å². The van der Waals surface area contributed by atoms with Crippen molar-refractivity contribution in [1.29, 1.82) is 0 Å². The molecule has 0 bridgehead atoms. The first kappa shape index (κ1) is 11.7. The van der Waals surface area contributed by atoms with E-state index in [9.17, 15) is 0 Å². The number of pyridine rings is 1. The predicted octanol–water partition coefficient (Wildman–Crippen LogP) is 1.45. The molecule has 4 nitrogen and oxygen atoms in total. The van der Waals surface area contributed by atoms with E-state index in [1.165, 1.54) is 25.0 Å². The van der Waals surface area contributed by atoms with Gasteiger partial charge in [0, 0.05) is 17.0 Å². The molecule has 5 N–H and O–H groups in total. The van der Waals surface area contributed by atoms with Crippen LogP contribution < -0.4 is 17.0 Å². The molecular weight excluding hydrogens is 220 g/mol. The normalized spacial score (nSPS) is 22.9. The number of hydrazine groups is 1. The molecule has 2 rings (SSSR count). The molecule has 1 fully saturated rings. The molecule has 1 aliphatic rings. The number of nitrogen functional groups attached to an aromatic ring is 1. The molecule has 1 aliphatic heterocycles. The van der Waals surface area contributed by atoms with E-state index >= 15 is 0 Å². The molecule has 0 saturated carbocycles. The van der Waals surface area contributed by atoms with Crippen molar-refractivity contribution >= 4 is 17.6 Å². The van der Waals surface area contributed by atoms with Crippen LogP contribution in [0.25, 0.3) is 0 Å². The van der Waals surface area contributed by atoms with Gasteiger partial charge in [-0.2, -0.15) is 11.8 Å². The van der Waals surface area contributed by atoms with E-state index in [-0.39, 0.29) is 6.04 Å². The summed E-state index contributed by atoms with van der Waals surface area (Å²) in [6.07, 6.45) is 5.48. The van der Waals surface area contributed by atoms with Crippen LogP contribution in [0.2, 0.25) is 0 Å². The lowest BCUT2D eigenvalue weighted by Crippen LogP contribution is -2.36. The summed E-state index contributed by atoms with van der Waals surface area (Å²) in [5, 5.41) is 0.505. The lowest BCUT2D eigenvalue weighted by atomic mass is 10.0. The molecule has 0 aromatic carbocycles. The van der Waals surface area contributed by atoms with Crippen LogP contribution in [-0.4, -0.2) is 16.0 Å². The molecule has 1 saturated heterocycles. The smallest absolute Gasteiger partial charge is 0.128 e. The Morgan fingerprint density at radius 1 is 1.50 bits per heavy atom. The number of anilines is 1. The fourth-order valence-corrected chi connectivity index (χ4v) is 3.54. The third-order valence-corrected chi connectivity index (χ3v) is 4.43. The van der Waals surface area contributed by atoms with Crippen LogP contribution in [0.1, 0.15) is 30.9 Å². The highest BCUT2D eigenvalue weighted by atomic mass is 32.2. The Hall–Kier alpha value is -0.780. The van der Waals surface area contributed by atoms with Gasteiger partial charge in [-0.25, -0.2) is 4.98 Å². The highest BCUT2D eigenvalue weighted by Gasteiger charge is 2.26. The summed E-state index contributed by atoms with van der Waals surface area (Å²) in [4.78, 5) is 4.12. The SMILES string of the molecule is NNC(c1cccnc1N)C1CCCCS1. The van der Waals surface area contributed by atoms with Gasteiger partial charge in [-0.1, -0.05) is 12.5 Å². The van der Waals surface area contributed by atoms with Gasteiger partial charge in [0.2, 0.25) is 0 Å². The van der Waals surface area contributed by atoms with Crippen molar-refractivity contribution in [3.63, 3.8) is 0 Å². The molecule has 5 heteroatoms. The monoisotopic (exact) mass is 238 g/mol. The fourth-order valence-electron chi connectivity index (χ4n) is 2.12. The Morgan fingerprint density at radius 3 is 3.00 bits per heavy atom. The van der Waals surface area contributed by atoms with Crippen molar-refractivity contribution < 1.29 is 0 Å². The summed E-state index contributed by atoms with van der Waals surface area (Å²) in [6.45, 7) is 0. The van der Waals surface area contributed by atoms with E-state index in [4.69, 9.17) is 11.6 Å². The molecule has 1 aromatic heterocycles. The van der Waals surface area contributed by atoms with Crippen molar-refractivity contribution in [3.05, 3.63) is 23.9 Å². The zero-order valence-corrected chi connectivity index (χ0v) is 10.0. The van der Waals surface area contributed by atoms with Crippen molar-refractivity contribution in [2.45, 2.75) is 30.6 Å². The van der Waals surface area contributed by atoms with Crippen LogP contribution in [-0.2, 0) is 0 Å². The molecule has 2 heterocycles. The minimum atomic E-state index is 0.110. The van der Waals surface area contributed by atoms with Crippen LogP contribution in [0.4, 0.5) is 5.82 Å². The van der Waals surface area contributed by atoms with E-state index in [0.29, 0.717) is 11.1 Å². The maximum Gasteiger partial charge on any atom is 0.128 e. The largest absolute Gasteiger partial charge is 0.383 e. The quantitative estimate of drug-likeness (QED) is 0.549. The van der Waals surface area contributed by atoms with Gasteiger partial charge in [0.15, 0.2) is 0 Å². The predicted molar refractivity (Wildman–Crippen MR) is 68.8 cm³/mol. The topological polar surface area (TPSA) is 77.0 Å². The van der Waals surface area contributed by atoms with E-state index in [1.54, 1.807) is 6.20 Å². The average molecular weight is 238 g/mol. The highest BCUT2D eigenvalue weighted by molar-refractivity contribution is 8.00. The number of nitrogens with zero attached hydrogens (tertiary/aromatic N) is 1. The fraction of sp³-hybridized carbons (Fsp3) is 0.545.